The number of benzene rings is 3. The summed E-state index contributed by atoms with van der Waals surface area (Å²) in [6.45, 7) is 7.47. The maximum absolute atomic E-state index is 13.2. The largest absolute Gasteiger partial charge is 0.497 e. The lowest BCUT2D eigenvalue weighted by Crippen LogP contribution is -2.49. The Balaban J connectivity index is 2.04. The number of carbonyl (C=O) groups is 1. The van der Waals surface area contributed by atoms with Crippen LogP contribution in [-0.4, -0.2) is 55.8 Å². The molecule has 0 heterocycles. The lowest BCUT2D eigenvalue weighted by molar-refractivity contribution is -0.0893. The Morgan fingerprint density at radius 3 is 2.18 bits per heavy atom. The molecule has 0 fully saturated rings. The number of amides is 1. The van der Waals surface area contributed by atoms with Crippen LogP contribution in [-0.2, 0) is 11.3 Å². The molecule has 3 aromatic rings. The van der Waals surface area contributed by atoms with E-state index in [9.17, 15) is 9.90 Å². The van der Waals surface area contributed by atoms with Crippen molar-refractivity contribution in [3.63, 3.8) is 0 Å². The zero-order valence-corrected chi connectivity index (χ0v) is 21.1. The number of aliphatic hydroxyl groups is 1. The van der Waals surface area contributed by atoms with Crippen LogP contribution in [0.1, 0.15) is 43.6 Å². The molecular formula is C27H34BNO5. The Bertz CT molecular complexity index is 1150. The molecule has 34 heavy (non-hydrogen) atoms. The number of hydrogen-bond donors (Lipinski definition) is 1. The highest BCUT2D eigenvalue weighted by molar-refractivity contribution is 6.52. The fraction of sp³-hybridized carbons (Fsp3) is 0.370. The predicted octanol–water partition coefficient (Wildman–Crippen LogP) is 3.67. The topological polar surface area (TPSA) is 68.2 Å². The van der Waals surface area contributed by atoms with E-state index in [0.717, 1.165) is 27.5 Å². The Morgan fingerprint density at radius 1 is 1.00 bits per heavy atom. The van der Waals surface area contributed by atoms with Gasteiger partial charge in [-0.1, -0.05) is 36.4 Å². The summed E-state index contributed by atoms with van der Waals surface area (Å²) in [4.78, 5) is 14.7. The highest BCUT2D eigenvalue weighted by atomic mass is 16.5. The standard InChI is InChI=1S/C27H34BNO5/c1-26(2,31)27(3,4)34-28-23-16-22(25(30)29(5)6)24(21-11-9-8-10-20(21)23)33-17-18-12-14-19(32-7)15-13-18/h8-16,28,31H,17H2,1-7H3. The Kier molecular flexibility index (Phi) is 7.59. The van der Waals surface area contributed by atoms with Gasteiger partial charge in [-0.3, -0.25) is 4.79 Å². The van der Waals surface area contributed by atoms with Crippen molar-refractivity contribution >= 4 is 29.6 Å². The minimum atomic E-state index is -1.04. The highest BCUT2D eigenvalue weighted by Crippen LogP contribution is 2.31. The molecule has 0 saturated carbocycles. The van der Waals surface area contributed by atoms with Gasteiger partial charge in [0.2, 0.25) is 0 Å². The number of nitrogens with zero attached hydrogens (tertiary/aromatic N) is 1. The van der Waals surface area contributed by atoms with E-state index in [-0.39, 0.29) is 13.4 Å². The van der Waals surface area contributed by atoms with Crippen molar-refractivity contribution in [3.8, 4) is 11.5 Å². The van der Waals surface area contributed by atoms with Gasteiger partial charge in [0.15, 0.2) is 0 Å². The van der Waals surface area contributed by atoms with Gasteiger partial charge >= 0.3 is 7.48 Å². The average molecular weight is 463 g/mol. The van der Waals surface area contributed by atoms with Gasteiger partial charge in [0.1, 0.15) is 18.1 Å². The van der Waals surface area contributed by atoms with Crippen molar-refractivity contribution in [1.82, 2.24) is 4.90 Å². The second-order valence-corrected chi connectivity index (χ2v) is 9.65. The first-order chi connectivity index (χ1) is 15.9. The third kappa shape index (κ3) is 5.54. The molecule has 0 aliphatic carbocycles. The van der Waals surface area contributed by atoms with Gasteiger partial charge in [-0.2, -0.15) is 0 Å². The molecule has 0 aromatic heterocycles. The molecule has 3 rings (SSSR count). The number of fused-ring (bicyclic) bond motifs is 1. The molecule has 7 heteroatoms. The van der Waals surface area contributed by atoms with Gasteiger partial charge in [-0.15, -0.1) is 0 Å². The lowest BCUT2D eigenvalue weighted by atomic mass is 9.79. The molecule has 1 N–H and O–H groups in total. The van der Waals surface area contributed by atoms with Crippen molar-refractivity contribution in [2.75, 3.05) is 21.2 Å². The summed E-state index contributed by atoms with van der Waals surface area (Å²) >= 11 is 0. The van der Waals surface area contributed by atoms with E-state index < -0.39 is 11.2 Å². The molecule has 0 radical (unpaired) electrons. The SMILES string of the molecule is COc1ccc(COc2c(C(=O)N(C)C)cc(BOC(C)(C)C(C)(C)O)c3ccccc23)cc1. The Morgan fingerprint density at radius 2 is 1.62 bits per heavy atom. The zero-order chi connectivity index (χ0) is 25.1. The fourth-order valence-electron chi connectivity index (χ4n) is 3.41. The summed E-state index contributed by atoms with van der Waals surface area (Å²) < 4.78 is 17.6. The van der Waals surface area contributed by atoms with Crippen LogP contribution in [0.25, 0.3) is 10.8 Å². The van der Waals surface area contributed by atoms with E-state index in [1.54, 1.807) is 35.1 Å². The molecule has 1 amide bonds. The summed E-state index contributed by atoms with van der Waals surface area (Å²) in [5.74, 6) is 1.16. The molecule has 0 spiro atoms. The molecular weight excluding hydrogens is 429 g/mol. The van der Waals surface area contributed by atoms with Crippen LogP contribution < -0.4 is 14.9 Å². The van der Waals surface area contributed by atoms with Gasteiger partial charge in [-0.05, 0) is 62.3 Å². The summed E-state index contributed by atoms with van der Waals surface area (Å²) in [6, 6.07) is 17.3. The molecule has 0 saturated heterocycles. The average Bonchev–Trinajstić information content (AvgIpc) is 2.80. The van der Waals surface area contributed by atoms with E-state index >= 15 is 0 Å². The van der Waals surface area contributed by atoms with Crippen LogP contribution in [0.3, 0.4) is 0 Å². The Labute approximate surface area is 202 Å². The quantitative estimate of drug-likeness (QED) is 0.491. The van der Waals surface area contributed by atoms with Crippen LogP contribution in [0, 0.1) is 0 Å². The number of ether oxygens (including phenoxy) is 2. The van der Waals surface area contributed by atoms with Crippen LogP contribution in [0.2, 0.25) is 0 Å². The molecule has 3 aromatic carbocycles. The number of carbonyl (C=O) groups excluding carboxylic acids is 1. The smallest absolute Gasteiger partial charge is 0.310 e. The molecule has 6 nitrogen and oxygen atoms in total. The highest BCUT2D eigenvalue weighted by Gasteiger charge is 2.36. The summed E-state index contributed by atoms with van der Waals surface area (Å²) in [5.41, 5.74) is 0.467. The monoisotopic (exact) mass is 463 g/mol. The third-order valence-electron chi connectivity index (χ3n) is 6.32. The van der Waals surface area contributed by atoms with Crippen molar-refractivity contribution in [1.29, 1.82) is 0 Å². The van der Waals surface area contributed by atoms with Crippen LogP contribution in [0.5, 0.6) is 11.5 Å². The summed E-state index contributed by atoms with van der Waals surface area (Å²) in [7, 11) is 5.31. The van der Waals surface area contributed by atoms with E-state index in [2.05, 4.69) is 0 Å². The lowest BCUT2D eigenvalue weighted by Gasteiger charge is -2.37. The minimum Gasteiger partial charge on any atom is -0.497 e. The molecule has 180 valence electrons. The van der Waals surface area contributed by atoms with Gasteiger partial charge < -0.3 is 24.1 Å². The maximum Gasteiger partial charge on any atom is 0.310 e. The van der Waals surface area contributed by atoms with E-state index in [1.165, 1.54) is 4.90 Å². The van der Waals surface area contributed by atoms with Gasteiger partial charge in [0, 0.05) is 19.5 Å². The number of rotatable bonds is 9. The molecule has 0 aliphatic rings. The first kappa shape index (κ1) is 25.6. The Hall–Kier alpha value is -3.03. The third-order valence-corrected chi connectivity index (χ3v) is 6.32. The van der Waals surface area contributed by atoms with E-state index in [1.807, 2.05) is 68.4 Å². The van der Waals surface area contributed by atoms with Crippen molar-refractivity contribution in [3.05, 3.63) is 65.7 Å². The summed E-state index contributed by atoms with van der Waals surface area (Å²) in [6.07, 6.45) is 0. The van der Waals surface area contributed by atoms with Crippen LogP contribution >= 0.6 is 0 Å². The predicted molar refractivity (Wildman–Crippen MR) is 138 cm³/mol. The van der Waals surface area contributed by atoms with Crippen molar-refractivity contribution in [2.24, 2.45) is 0 Å². The van der Waals surface area contributed by atoms with Gasteiger partial charge in [0.25, 0.3) is 5.91 Å². The second-order valence-electron chi connectivity index (χ2n) is 9.65. The molecule has 0 unspecified atom stereocenters. The number of methoxy groups -OCH3 is 1. The molecule has 0 aliphatic heterocycles. The van der Waals surface area contributed by atoms with Crippen LogP contribution in [0.4, 0.5) is 0 Å². The first-order valence-corrected chi connectivity index (χ1v) is 11.3. The van der Waals surface area contributed by atoms with Gasteiger partial charge in [0.05, 0.1) is 23.9 Å². The maximum atomic E-state index is 13.2. The van der Waals surface area contributed by atoms with Crippen molar-refractivity contribution in [2.45, 2.75) is 45.5 Å². The first-order valence-electron chi connectivity index (χ1n) is 11.3. The number of hydrogen-bond acceptors (Lipinski definition) is 5. The minimum absolute atomic E-state index is 0.154. The van der Waals surface area contributed by atoms with E-state index in [0.29, 0.717) is 17.9 Å². The summed E-state index contributed by atoms with van der Waals surface area (Å²) in [5, 5.41) is 12.3. The van der Waals surface area contributed by atoms with Crippen molar-refractivity contribution < 1.29 is 24.0 Å². The normalized spacial score (nSPS) is 11.9. The fourth-order valence-corrected chi connectivity index (χ4v) is 3.41. The van der Waals surface area contributed by atoms with Crippen LogP contribution in [0.15, 0.2) is 54.6 Å². The zero-order valence-electron chi connectivity index (χ0n) is 21.1. The van der Waals surface area contributed by atoms with E-state index in [4.69, 9.17) is 14.1 Å². The molecule has 0 atom stereocenters. The molecule has 0 bridgehead atoms. The second kappa shape index (κ2) is 10.1. The van der Waals surface area contributed by atoms with Gasteiger partial charge in [-0.25, -0.2) is 0 Å².